The summed E-state index contributed by atoms with van der Waals surface area (Å²) in [6.07, 6.45) is -3.14. The number of H-pyrrole nitrogens is 1. The fraction of sp³-hybridized carbons (Fsp3) is 0.545. The molecule has 1 aromatic heterocycles. The topological polar surface area (TPSA) is 145 Å². The largest absolute Gasteiger partial charge is 0.388 e. The highest BCUT2D eigenvalue weighted by molar-refractivity contribution is 7.98. The summed E-state index contributed by atoms with van der Waals surface area (Å²) < 4.78 is 5.14. The number of thioether (sulfide) groups is 1. The summed E-state index contributed by atoms with van der Waals surface area (Å²) in [6, 6.07) is 0. The standard InChI is InChI=1S/C11H15N3O6S/c1-21-11-13-8(4(2-15)9(19)14-11)12-10-7(18)6(17)5(16)3-20-10/h2,5-7,10,16-18H,3H2,1H3,(H2,12,13,14,19)/t5-,6-,7-,10-/m1/s1. The molecular formula is C11H15N3O6S. The van der Waals surface area contributed by atoms with E-state index in [1.807, 2.05) is 0 Å². The molecule has 1 aromatic rings. The number of anilines is 1. The molecule has 0 spiro atoms. The van der Waals surface area contributed by atoms with Crippen LogP contribution in [0.1, 0.15) is 10.4 Å². The van der Waals surface area contributed by atoms with Crippen LogP contribution < -0.4 is 10.9 Å². The Kier molecular flexibility index (Phi) is 4.96. The van der Waals surface area contributed by atoms with Crippen molar-refractivity contribution in [3.05, 3.63) is 15.9 Å². The van der Waals surface area contributed by atoms with Crippen LogP contribution >= 0.6 is 11.8 Å². The minimum absolute atomic E-state index is 0.0641. The number of hydrogen-bond acceptors (Lipinski definition) is 9. The fourth-order valence-corrected chi connectivity index (χ4v) is 2.22. The third kappa shape index (κ3) is 3.24. The number of aliphatic hydroxyl groups excluding tert-OH is 3. The number of carbonyl (C=O) groups is 1. The molecule has 0 unspecified atom stereocenters. The highest BCUT2D eigenvalue weighted by Gasteiger charge is 2.38. The lowest BCUT2D eigenvalue weighted by Crippen LogP contribution is -2.55. The number of hydrogen-bond donors (Lipinski definition) is 5. The summed E-state index contributed by atoms with van der Waals surface area (Å²) >= 11 is 1.16. The highest BCUT2D eigenvalue weighted by Crippen LogP contribution is 2.19. The molecular weight excluding hydrogens is 302 g/mol. The van der Waals surface area contributed by atoms with Crippen molar-refractivity contribution < 1.29 is 24.9 Å². The zero-order valence-electron chi connectivity index (χ0n) is 11.0. The molecule has 1 fully saturated rings. The quantitative estimate of drug-likeness (QED) is 0.245. The van der Waals surface area contributed by atoms with E-state index in [4.69, 9.17) is 4.74 Å². The SMILES string of the molecule is CSc1nc(N[C@@H]2OC[C@@H](O)[C@@H](O)[C@H]2O)c(C=O)c(=O)[nH]1. The van der Waals surface area contributed by atoms with Gasteiger partial charge in [0, 0.05) is 0 Å². The van der Waals surface area contributed by atoms with Crippen molar-refractivity contribution in [1.29, 1.82) is 0 Å². The van der Waals surface area contributed by atoms with Gasteiger partial charge in [-0.3, -0.25) is 9.59 Å². The predicted molar refractivity (Wildman–Crippen MR) is 73.4 cm³/mol. The molecule has 1 aliphatic rings. The number of nitrogens with one attached hydrogen (secondary N) is 2. The van der Waals surface area contributed by atoms with Crippen LogP contribution in [0.15, 0.2) is 9.95 Å². The van der Waals surface area contributed by atoms with Crippen LogP contribution in [0.25, 0.3) is 0 Å². The Labute approximate surface area is 123 Å². The average Bonchev–Trinajstić information content (AvgIpc) is 2.47. The van der Waals surface area contributed by atoms with Gasteiger partial charge in [0.2, 0.25) is 0 Å². The molecule has 9 nitrogen and oxygen atoms in total. The molecule has 2 rings (SSSR count). The number of aromatic amines is 1. The van der Waals surface area contributed by atoms with E-state index in [2.05, 4.69) is 15.3 Å². The molecule has 0 bridgehead atoms. The van der Waals surface area contributed by atoms with Gasteiger partial charge in [0.15, 0.2) is 17.7 Å². The van der Waals surface area contributed by atoms with Gasteiger partial charge in [-0.15, -0.1) is 0 Å². The van der Waals surface area contributed by atoms with Gasteiger partial charge in [0.1, 0.15) is 29.7 Å². The van der Waals surface area contributed by atoms with E-state index in [1.165, 1.54) is 0 Å². The number of aliphatic hydroxyl groups is 3. The van der Waals surface area contributed by atoms with Gasteiger partial charge in [-0.25, -0.2) is 4.98 Å². The van der Waals surface area contributed by atoms with Crippen molar-refractivity contribution in [1.82, 2.24) is 9.97 Å². The van der Waals surface area contributed by atoms with E-state index in [9.17, 15) is 24.9 Å². The van der Waals surface area contributed by atoms with E-state index in [0.717, 1.165) is 11.8 Å². The molecule has 0 aromatic carbocycles. The van der Waals surface area contributed by atoms with Gasteiger partial charge in [0.05, 0.1) is 6.61 Å². The van der Waals surface area contributed by atoms with Crippen LogP contribution in [0.5, 0.6) is 0 Å². The molecule has 1 aliphatic heterocycles. The van der Waals surface area contributed by atoms with Crippen LogP contribution in [0, 0.1) is 0 Å². The normalized spacial score (nSPS) is 29.1. The van der Waals surface area contributed by atoms with Gasteiger partial charge < -0.3 is 30.4 Å². The van der Waals surface area contributed by atoms with Crippen molar-refractivity contribution in [3.63, 3.8) is 0 Å². The predicted octanol–water partition coefficient (Wildman–Crippen LogP) is -1.84. The van der Waals surface area contributed by atoms with Crippen LogP contribution in [-0.2, 0) is 4.74 Å². The zero-order valence-corrected chi connectivity index (χ0v) is 11.8. The number of ether oxygens (including phenoxy) is 1. The molecule has 2 heterocycles. The van der Waals surface area contributed by atoms with Gasteiger partial charge >= 0.3 is 0 Å². The van der Waals surface area contributed by atoms with E-state index < -0.39 is 30.1 Å². The van der Waals surface area contributed by atoms with Gasteiger partial charge in [0.25, 0.3) is 5.56 Å². The van der Waals surface area contributed by atoms with Crippen LogP contribution in [0.4, 0.5) is 5.82 Å². The number of nitrogens with zero attached hydrogens (tertiary/aromatic N) is 1. The molecule has 0 amide bonds. The fourth-order valence-electron chi connectivity index (χ4n) is 1.85. The van der Waals surface area contributed by atoms with E-state index >= 15 is 0 Å². The third-order valence-corrected chi connectivity index (χ3v) is 3.60. The number of carbonyl (C=O) groups excluding carboxylic acids is 1. The Balaban J connectivity index is 2.28. The minimum atomic E-state index is -1.44. The summed E-state index contributed by atoms with van der Waals surface area (Å²) in [5.41, 5.74) is -0.873. The van der Waals surface area contributed by atoms with E-state index in [-0.39, 0.29) is 23.1 Å². The van der Waals surface area contributed by atoms with Crippen molar-refractivity contribution >= 4 is 23.9 Å². The van der Waals surface area contributed by atoms with Crippen molar-refractivity contribution in [2.24, 2.45) is 0 Å². The summed E-state index contributed by atoms with van der Waals surface area (Å²) in [6.45, 7) is -0.203. The molecule has 21 heavy (non-hydrogen) atoms. The van der Waals surface area contributed by atoms with Gasteiger partial charge in [-0.1, -0.05) is 11.8 Å². The van der Waals surface area contributed by atoms with Crippen molar-refractivity contribution in [2.75, 3.05) is 18.2 Å². The van der Waals surface area contributed by atoms with Crippen LogP contribution in [-0.4, -0.2) is 69.0 Å². The average molecular weight is 317 g/mol. The summed E-state index contributed by atoms with van der Waals surface area (Å²) in [5.74, 6) is -0.0641. The van der Waals surface area contributed by atoms with Crippen LogP contribution in [0.2, 0.25) is 0 Å². The third-order valence-electron chi connectivity index (χ3n) is 3.02. The Morgan fingerprint density at radius 3 is 2.76 bits per heavy atom. The zero-order chi connectivity index (χ0) is 15.6. The second-order valence-electron chi connectivity index (χ2n) is 4.40. The van der Waals surface area contributed by atoms with Gasteiger partial charge in [-0.05, 0) is 6.26 Å². The molecule has 0 saturated carbocycles. The highest BCUT2D eigenvalue weighted by atomic mass is 32.2. The Morgan fingerprint density at radius 2 is 2.14 bits per heavy atom. The lowest BCUT2D eigenvalue weighted by atomic mass is 10.0. The Morgan fingerprint density at radius 1 is 1.43 bits per heavy atom. The van der Waals surface area contributed by atoms with Crippen molar-refractivity contribution in [3.8, 4) is 0 Å². The molecule has 1 saturated heterocycles. The number of rotatable bonds is 4. The Bertz CT molecular complexity index is 580. The maximum Gasteiger partial charge on any atom is 0.264 e. The minimum Gasteiger partial charge on any atom is -0.388 e. The lowest BCUT2D eigenvalue weighted by molar-refractivity contribution is -0.178. The summed E-state index contributed by atoms with van der Waals surface area (Å²) in [5, 5.41) is 31.7. The smallest absolute Gasteiger partial charge is 0.264 e. The maximum absolute atomic E-state index is 11.7. The molecule has 4 atom stereocenters. The first-order valence-corrected chi connectivity index (χ1v) is 7.26. The first kappa shape index (κ1) is 15.9. The van der Waals surface area contributed by atoms with Crippen molar-refractivity contribution in [2.45, 2.75) is 29.7 Å². The first-order chi connectivity index (χ1) is 9.97. The molecule has 10 heteroatoms. The van der Waals surface area contributed by atoms with E-state index in [0.29, 0.717) is 6.29 Å². The molecule has 5 N–H and O–H groups in total. The van der Waals surface area contributed by atoms with E-state index in [1.54, 1.807) is 6.26 Å². The molecule has 0 radical (unpaired) electrons. The molecule has 116 valence electrons. The maximum atomic E-state index is 11.7. The monoisotopic (exact) mass is 317 g/mol. The second kappa shape index (κ2) is 6.54. The van der Waals surface area contributed by atoms with Crippen LogP contribution in [0.3, 0.4) is 0 Å². The Hall–Kier alpha value is -1.46. The molecule has 0 aliphatic carbocycles. The number of aldehydes is 1. The van der Waals surface area contributed by atoms with Gasteiger partial charge in [-0.2, -0.15) is 0 Å². The summed E-state index contributed by atoms with van der Waals surface area (Å²) in [7, 11) is 0. The summed E-state index contributed by atoms with van der Waals surface area (Å²) in [4.78, 5) is 29.1. The second-order valence-corrected chi connectivity index (χ2v) is 5.20. The number of aromatic nitrogens is 2. The lowest BCUT2D eigenvalue weighted by Gasteiger charge is -2.35. The first-order valence-electron chi connectivity index (χ1n) is 6.03.